The summed E-state index contributed by atoms with van der Waals surface area (Å²) >= 11 is 0. The molecule has 0 aliphatic carbocycles. The SMILES string of the molecule is COC(=O)c1ccccc1NC(=O)N(C)Cc1ccc(N(C)C)cc1. The van der Waals surface area contributed by atoms with Crippen molar-refractivity contribution in [1.82, 2.24) is 4.90 Å². The monoisotopic (exact) mass is 341 g/mol. The lowest BCUT2D eigenvalue weighted by Crippen LogP contribution is -2.31. The lowest BCUT2D eigenvalue weighted by molar-refractivity contribution is 0.0602. The summed E-state index contributed by atoms with van der Waals surface area (Å²) in [5, 5.41) is 2.75. The van der Waals surface area contributed by atoms with Crippen molar-refractivity contribution in [3.05, 3.63) is 59.7 Å². The summed E-state index contributed by atoms with van der Waals surface area (Å²) in [7, 11) is 6.97. The predicted octanol–water partition coefficient (Wildman–Crippen LogP) is 3.20. The van der Waals surface area contributed by atoms with Crippen molar-refractivity contribution in [2.24, 2.45) is 0 Å². The molecule has 0 heterocycles. The van der Waals surface area contributed by atoms with Gasteiger partial charge in [0.15, 0.2) is 0 Å². The van der Waals surface area contributed by atoms with Crippen LogP contribution in [0.3, 0.4) is 0 Å². The predicted molar refractivity (Wildman–Crippen MR) is 99.0 cm³/mol. The van der Waals surface area contributed by atoms with E-state index in [1.807, 2.05) is 43.3 Å². The Kier molecular flexibility index (Phi) is 6.00. The number of amides is 2. The van der Waals surface area contributed by atoms with Crippen LogP contribution in [-0.4, -0.2) is 45.2 Å². The Morgan fingerprint density at radius 3 is 2.24 bits per heavy atom. The quantitative estimate of drug-likeness (QED) is 0.849. The Labute approximate surface area is 148 Å². The smallest absolute Gasteiger partial charge is 0.339 e. The summed E-state index contributed by atoms with van der Waals surface area (Å²) in [4.78, 5) is 27.8. The van der Waals surface area contributed by atoms with Crippen molar-refractivity contribution >= 4 is 23.4 Å². The van der Waals surface area contributed by atoms with Crippen LogP contribution in [0.5, 0.6) is 0 Å². The number of esters is 1. The standard InChI is InChI=1S/C19H23N3O3/c1-21(2)15-11-9-14(10-12-15)13-22(3)19(24)20-17-8-6-5-7-16(17)18(23)25-4/h5-12H,13H2,1-4H3,(H,20,24). The summed E-state index contributed by atoms with van der Waals surface area (Å²) in [5.41, 5.74) is 2.86. The number of anilines is 2. The average molecular weight is 341 g/mol. The third kappa shape index (κ3) is 4.73. The first-order valence-corrected chi connectivity index (χ1v) is 7.88. The molecule has 2 rings (SSSR count). The van der Waals surface area contributed by atoms with Crippen LogP contribution < -0.4 is 10.2 Å². The van der Waals surface area contributed by atoms with Crippen LogP contribution in [0.2, 0.25) is 0 Å². The highest BCUT2D eigenvalue weighted by molar-refractivity contribution is 6.00. The lowest BCUT2D eigenvalue weighted by Gasteiger charge is -2.20. The van der Waals surface area contributed by atoms with Gasteiger partial charge in [-0.1, -0.05) is 24.3 Å². The lowest BCUT2D eigenvalue weighted by atomic mass is 10.2. The van der Waals surface area contributed by atoms with E-state index in [9.17, 15) is 9.59 Å². The Hall–Kier alpha value is -3.02. The Morgan fingerprint density at radius 1 is 1.00 bits per heavy atom. The van der Waals surface area contributed by atoms with Crippen LogP contribution in [-0.2, 0) is 11.3 Å². The number of carbonyl (C=O) groups excluding carboxylic acids is 2. The van der Waals surface area contributed by atoms with Gasteiger partial charge in [0, 0.05) is 33.4 Å². The molecule has 2 amide bonds. The van der Waals surface area contributed by atoms with Gasteiger partial charge in [0.05, 0.1) is 18.4 Å². The van der Waals surface area contributed by atoms with Gasteiger partial charge in [-0.3, -0.25) is 0 Å². The number of para-hydroxylation sites is 1. The van der Waals surface area contributed by atoms with E-state index in [2.05, 4.69) is 5.32 Å². The first-order chi connectivity index (χ1) is 11.9. The Morgan fingerprint density at radius 2 is 1.64 bits per heavy atom. The number of nitrogens with one attached hydrogen (secondary N) is 1. The van der Waals surface area contributed by atoms with Gasteiger partial charge in [0.2, 0.25) is 0 Å². The normalized spacial score (nSPS) is 10.1. The molecule has 0 unspecified atom stereocenters. The van der Waals surface area contributed by atoms with E-state index in [1.165, 1.54) is 7.11 Å². The van der Waals surface area contributed by atoms with Gasteiger partial charge < -0.3 is 19.9 Å². The molecule has 132 valence electrons. The topological polar surface area (TPSA) is 61.9 Å². The second-order valence-electron chi connectivity index (χ2n) is 5.88. The molecule has 0 fully saturated rings. The van der Waals surface area contributed by atoms with Crippen molar-refractivity contribution in [3.63, 3.8) is 0 Å². The molecule has 1 N–H and O–H groups in total. The van der Waals surface area contributed by atoms with Crippen molar-refractivity contribution in [2.45, 2.75) is 6.54 Å². The third-order valence-corrected chi connectivity index (χ3v) is 3.79. The second-order valence-corrected chi connectivity index (χ2v) is 5.88. The number of nitrogens with zero attached hydrogens (tertiary/aromatic N) is 2. The minimum atomic E-state index is -0.488. The molecule has 0 atom stereocenters. The van der Waals surface area contributed by atoms with Gasteiger partial charge in [-0.2, -0.15) is 0 Å². The van der Waals surface area contributed by atoms with Gasteiger partial charge in [-0.15, -0.1) is 0 Å². The number of ether oxygens (including phenoxy) is 1. The maximum atomic E-state index is 12.4. The number of benzene rings is 2. The highest BCUT2D eigenvalue weighted by atomic mass is 16.5. The molecule has 0 aromatic heterocycles. The molecule has 0 saturated carbocycles. The third-order valence-electron chi connectivity index (χ3n) is 3.79. The summed E-state index contributed by atoms with van der Waals surface area (Å²) in [5.74, 6) is -0.488. The number of hydrogen-bond acceptors (Lipinski definition) is 4. The highest BCUT2D eigenvalue weighted by Gasteiger charge is 2.15. The highest BCUT2D eigenvalue weighted by Crippen LogP contribution is 2.17. The van der Waals surface area contributed by atoms with Crippen molar-refractivity contribution in [1.29, 1.82) is 0 Å². The number of hydrogen-bond donors (Lipinski definition) is 1. The number of methoxy groups -OCH3 is 1. The molecular formula is C19H23N3O3. The molecule has 2 aromatic rings. The molecule has 2 aromatic carbocycles. The van der Waals surface area contributed by atoms with E-state index < -0.39 is 5.97 Å². The van der Waals surface area contributed by atoms with Gasteiger partial charge in [-0.25, -0.2) is 9.59 Å². The molecule has 6 heteroatoms. The first kappa shape index (κ1) is 18.3. The molecule has 6 nitrogen and oxygen atoms in total. The van der Waals surface area contributed by atoms with Crippen LogP contribution in [0.4, 0.5) is 16.2 Å². The molecule has 0 radical (unpaired) electrons. The number of urea groups is 1. The van der Waals surface area contributed by atoms with Crippen LogP contribution >= 0.6 is 0 Å². The minimum Gasteiger partial charge on any atom is -0.465 e. The van der Waals surface area contributed by atoms with Gasteiger partial charge in [-0.05, 0) is 29.8 Å². The fraction of sp³-hybridized carbons (Fsp3) is 0.263. The molecule has 0 aliphatic heterocycles. The van der Waals surface area contributed by atoms with E-state index in [0.717, 1.165) is 11.3 Å². The van der Waals surface area contributed by atoms with Crippen LogP contribution in [0.1, 0.15) is 15.9 Å². The Balaban J connectivity index is 2.04. The van der Waals surface area contributed by atoms with Crippen molar-refractivity contribution in [2.75, 3.05) is 38.5 Å². The van der Waals surface area contributed by atoms with E-state index in [4.69, 9.17) is 4.74 Å². The molecule has 0 saturated heterocycles. The number of carbonyl (C=O) groups is 2. The second kappa shape index (κ2) is 8.19. The van der Waals surface area contributed by atoms with E-state index >= 15 is 0 Å². The number of rotatable bonds is 5. The molecule has 0 aliphatic rings. The maximum Gasteiger partial charge on any atom is 0.339 e. The fourth-order valence-corrected chi connectivity index (χ4v) is 2.34. The summed E-state index contributed by atoms with van der Waals surface area (Å²) in [6.07, 6.45) is 0. The van der Waals surface area contributed by atoms with Gasteiger partial charge in [0.25, 0.3) is 0 Å². The van der Waals surface area contributed by atoms with Gasteiger partial charge in [0.1, 0.15) is 0 Å². The van der Waals surface area contributed by atoms with E-state index in [1.54, 1.807) is 36.2 Å². The fourth-order valence-electron chi connectivity index (χ4n) is 2.34. The minimum absolute atomic E-state index is 0.298. The van der Waals surface area contributed by atoms with Crippen molar-refractivity contribution < 1.29 is 14.3 Å². The largest absolute Gasteiger partial charge is 0.465 e. The first-order valence-electron chi connectivity index (χ1n) is 7.88. The van der Waals surface area contributed by atoms with Crippen LogP contribution in [0.15, 0.2) is 48.5 Å². The summed E-state index contributed by atoms with van der Waals surface area (Å²) in [6.45, 7) is 0.458. The van der Waals surface area contributed by atoms with E-state index in [-0.39, 0.29) is 6.03 Å². The zero-order valence-electron chi connectivity index (χ0n) is 14.9. The van der Waals surface area contributed by atoms with Crippen LogP contribution in [0, 0.1) is 0 Å². The van der Waals surface area contributed by atoms with Gasteiger partial charge >= 0.3 is 12.0 Å². The summed E-state index contributed by atoms with van der Waals surface area (Å²) < 4.78 is 4.74. The average Bonchev–Trinajstić information content (AvgIpc) is 2.61. The molecule has 25 heavy (non-hydrogen) atoms. The van der Waals surface area contributed by atoms with Crippen LogP contribution in [0.25, 0.3) is 0 Å². The molecular weight excluding hydrogens is 318 g/mol. The van der Waals surface area contributed by atoms with Crippen molar-refractivity contribution in [3.8, 4) is 0 Å². The maximum absolute atomic E-state index is 12.4. The van der Waals surface area contributed by atoms with E-state index in [0.29, 0.717) is 17.8 Å². The molecule has 0 bridgehead atoms. The Bertz CT molecular complexity index is 742. The zero-order valence-corrected chi connectivity index (χ0v) is 14.9. The zero-order chi connectivity index (χ0) is 18.4. The molecule has 0 spiro atoms. The summed E-state index contributed by atoms with van der Waals surface area (Å²) in [6, 6.07) is 14.4.